The molecule has 7 heteroatoms. The zero-order valence-electron chi connectivity index (χ0n) is 12.6. The number of carbonyl (C=O) groups is 2. The summed E-state index contributed by atoms with van der Waals surface area (Å²) in [6.45, 7) is 2.71. The Morgan fingerprint density at radius 1 is 1.32 bits per heavy atom. The number of morpholine rings is 1. The lowest BCUT2D eigenvalue weighted by Crippen LogP contribution is -3.11. The maximum atomic E-state index is 13.0. The minimum Gasteiger partial charge on any atom is -0.378 e. The van der Waals surface area contributed by atoms with Gasteiger partial charge in [0.2, 0.25) is 0 Å². The fourth-order valence-corrected chi connectivity index (χ4v) is 2.29. The second-order valence-electron chi connectivity index (χ2n) is 5.36. The van der Waals surface area contributed by atoms with Crippen LogP contribution >= 0.6 is 0 Å². The van der Waals surface area contributed by atoms with Gasteiger partial charge in [-0.05, 0) is 18.2 Å². The monoisotopic (exact) mass is 310 g/mol. The summed E-state index contributed by atoms with van der Waals surface area (Å²) >= 11 is 0. The van der Waals surface area contributed by atoms with Crippen LogP contribution in [0.3, 0.4) is 0 Å². The Morgan fingerprint density at radius 3 is 2.73 bits per heavy atom. The molecule has 1 aliphatic rings. The Labute approximate surface area is 128 Å². The molecule has 1 aliphatic heterocycles. The quantitative estimate of drug-likeness (QED) is 0.744. The van der Waals surface area contributed by atoms with E-state index < -0.39 is 5.82 Å². The van der Waals surface area contributed by atoms with E-state index in [0.717, 1.165) is 4.90 Å². The largest absolute Gasteiger partial charge is 0.378 e. The van der Waals surface area contributed by atoms with Crippen LogP contribution < -0.4 is 10.2 Å². The number of quaternary nitrogens is 1. The van der Waals surface area contributed by atoms with E-state index in [1.165, 1.54) is 18.2 Å². The number of nitrogens with one attached hydrogen (secondary N) is 2. The lowest BCUT2D eigenvalue weighted by atomic mass is 10.3. The zero-order chi connectivity index (χ0) is 15.9. The molecule has 1 heterocycles. The molecule has 2 amide bonds. The number of amides is 2. The summed E-state index contributed by atoms with van der Waals surface area (Å²) in [6.07, 6.45) is 0. The van der Waals surface area contributed by atoms with Crippen molar-refractivity contribution in [2.45, 2.75) is 0 Å². The maximum Gasteiger partial charge on any atom is 0.279 e. The molecule has 2 N–H and O–H groups in total. The van der Waals surface area contributed by atoms with E-state index in [1.807, 2.05) is 0 Å². The Hall–Kier alpha value is -1.99. The first-order valence-corrected chi connectivity index (χ1v) is 7.27. The van der Waals surface area contributed by atoms with E-state index in [-0.39, 0.29) is 24.9 Å². The summed E-state index contributed by atoms with van der Waals surface area (Å²) in [4.78, 5) is 26.5. The van der Waals surface area contributed by atoms with Gasteiger partial charge in [-0.2, -0.15) is 0 Å². The van der Waals surface area contributed by atoms with E-state index in [1.54, 1.807) is 18.0 Å². The number of benzene rings is 1. The van der Waals surface area contributed by atoms with E-state index in [0.29, 0.717) is 32.0 Å². The van der Waals surface area contributed by atoms with Crippen molar-refractivity contribution in [1.29, 1.82) is 0 Å². The van der Waals surface area contributed by atoms with Crippen molar-refractivity contribution in [1.82, 2.24) is 4.90 Å². The highest BCUT2D eigenvalue weighted by molar-refractivity contribution is 5.91. The van der Waals surface area contributed by atoms with Crippen molar-refractivity contribution in [3.05, 3.63) is 30.1 Å². The molecule has 0 aromatic heterocycles. The van der Waals surface area contributed by atoms with Crippen LogP contribution in [0.25, 0.3) is 0 Å². The van der Waals surface area contributed by atoms with Crippen molar-refractivity contribution in [3.63, 3.8) is 0 Å². The molecule has 0 bridgehead atoms. The summed E-state index contributed by atoms with van der Waals surface area (Å²) in [5.74, 6) is -0.641. The molecule has 0 spiro atoms. The van der Waals surface area contributed by atoms with E-state index in [4.69, 9.17) is 4.74 Å². The number of carbonyl (C=O) groups excluding carboxylic acids is 2. The van der Waals surface area contributed by atoms with E-state index >= 15 is 0 Å². The zero-order valence-corrected chi connectivity index (χ0v) is 12.6. The number of nitrogens with zero attached hydrogens (tertiary/aromatic N) is 1. The number of anilines is 1. The van der Waals surface area contributed by atoms with Gasteiger partial charge in [-0.3, -0.25) is 9.59 Å². The van der Waals surface area contributed by atoms with Crippen molar-refractivity contribution in [3.8, 4) is 0 Å². The lowest BCUT2D eigenvalue weighted by Gasteiger charge is -2.27. The van der Waals surface area contributed by atoms with Crippen LogP contribution in [0.2, 0.25) is 0 Å². The van der Waals surface area contributed by atoms with Gasteiger partial charge in [0, 0.05) is 18.8 Å². The number of hydrogen-bond acceptors (Lipinski definition) is 3. The number of ether oxygens (including phenoxy) is 1. The van der Waals surface area contributed by atoms with Crippen molar-refractivity contribution < 1.29 is 23.6 Å². The standard InChI is InChI=1S/C15H20FN3O3/c1-18(11-15(21)19-5-7-22-8-6-19)10-14(20)17-13-4-2-3-12(16)9-13/h2-4,9H,5-8,10-11H2,1H3,(H,17,20)/p+1. The van der Waals surface area contributed by atoms with Crippen LogP contribution in [0, 0.1) is 5.82 Å². The number of hydrogen-bond donors (Lipinski definition) is 2. The number of halogens is 1. The number of likely N-dealkylation sites (N-methyl/N-ethyl adjacent to an activating group) is 1. The minimum absolute atomic E-state index is 0.0133. The van der Waals surface area contributed by atoms with Crippen LogP contribution in [-0.4, -0.2) is 63.2 Å². The van der Waals surface area contributed by atoms with Crippen LogP contribution in [-0.2, 0) is 14.3 Å². The molecule has 0 saturated carbocycles. The van der Waals surface area contributed by atoms with Crippen molar-refractivity contribution in [2.24, 2.45) is 0 Å². The summed E-state index contributed by atoms with van der Waals surface area (Å²) in [5.41, 5.74) is 0.414. The van der Waals surface area contributed by atoms with Gasteiger partial charge in [0.1, 0.15) is 5.82 Å². The fourth-order valence-electron chi connectivity index (χ4n) is 2.29. The third-order valence-electron chi connectivity index (χ3n) is 3.39. The second-order valence-corrected chi connectivity index (χ2v) is 5.36. The van der Waals surface area contributed by atoms with Crippen molar-refractivity contribution in [2.75, 3.05) is 51.8 Å². The van der Waals surface area contributed by atoms with Gasteiger partial charge in [0.15, 0.2) is 13.1 Å². The molecule has 1 fully saturated rings. The lowest BCUT2D eigenvalue weighted by molar-refractivity contribution is -0.862. The Morgan fingerprint density at radius 2 is 2.05 bits per heavy atom. The average Bonchev–Trinajstić information content (AvgIpc) is 2.47. The molecule has 1 aromatic rings. The summed E-state index contributed by atoms with van der Waals surface area (Å²) < 4.78 is 18.2. The predicted molar refractivity (Wildman–Crippen MR) is 79.0 cm³/mol. The molecular formula is C15H21FN3O3+. The van der Waals surface area contributed by atoms with E-state index in [2.05, 4.69) is 5.32 Å². The molecule has 2 rings (SSSR count). The van der Waals surface area contributed by atoms with Gasteiger partial charge in [-0.15, -0.1) is 0 Å². The molecular weight excluding hydrogens is 289 g/mol. The molecule has 0 aliphatic carbocycles. The Bertz CT molecular complexity index is 533. The summed E-state index contributed by atoms with van der Waals surface area (Å²) in [7, 11) is 1.78. The highest BCUT2D eigenvalue weighted by Crippen LogP contribution is 2.08. The number of rotatable bonds is 5. The normalized spacial score (nSPS) is 16.2. The Kier molecular flexibility index (Phi) is 5.85. The van der Waals surface area contributed by atoms with Crippen LogP contribution in [0.15, 0.2) is 24.3 Å². The van der Waals surface area contributed by atoms with Crippen LogP contribution in [0.1, 0.15) is 0 Å². The highest BCUT2D eigenvalue weighted by Gasteiger charge is 2.21. The first kappa shape index (κ1) is 16.4. The molecule has 1 unspecified atom stereocenters. The van der Waals surface area contributed by atoms with Gasteiger partial charge in [0.05, 0.1) is 20.3 Å². The maximum absolute atomic E-state index is 13.0. The predicted octanol–water partition coefficient (Wildman–Crippen LogP) is -0.862. The molecule has 1 aromatic carbocycles. The third-order valence-corrected chi connectivity index (χ3v) is 3.39. The fraction of sp³-hybridized carbons (Fsp3) is 0.467. The van der Waals surface area contributed by atoms with Gasteiger partial charge in [0.25, 0.3) is 11.8 Å². The SMILES string of the molecule is C[NH+](CC(=O)Nc1cccc(F)c1)CC(=O)N1CCOCC1. The molecule has 120 valence electrons. The molecule has 0 radical (unpaired) electrons. The summed E-state index contributed by atoms with van der Waals surface area (Å²) in [5, 5.41) is 2.62. The smallest absolute Gasteiger partial charge is 0.279 e. The van der Waals surface area contributed by atoms with Gasteiger partial charge in [-0.25, -0.2) is 4.39 Å². The highest BCUT2D eigenvalue weighted by atomic mass is 19.1. The van der Waals surface area contributed by atoms with E-state index in [9.17, 15) is 14.0 Å². The first-order chi connectivity index (χ1) is 10.5. The molecule has 1 saturated heterocycles. The third kappa shape index (κ3) is 5.09. The second kappa shape index (κ2) is 7.86. The molecule has 22 heavy (non-hydrogen) atoms. The van der Waals surface area contributed by atoms with Gasteiger partial charge >= 0.3 is 0 Å². The summed E-state index contributed by atoms with van der Waals surface area (Å²) in [6, 6.07) is 5.72. The topological polar surface area (TPSA) is 63.1 Å². The molecule has 1 atom stereocenters. The van der Waals surface area contributed by atoms with Gasteiger partial charge in [-0.1, -0.05) is 6.07 Å². The minimum atomic E-state index is -0.402. The van der Waals surface area contributed by atoms with Crippen LogP contribution in [0.5, 0.6) is 0 Å². The molecule has 6 nitrogen and oxygen atoms in total. The van der Waals surface area contributed by atoms with Gasteiger partial charge < -0.3 is 19.9 Å². The average molecular weight is 310 g/mol. The Balaban J connectivity index is 1.77. The van der Waals surface area contributed by atoms with Crippen molar-refractivity contribution >= 4 is 17.5 Å². The van der Waals surface area contributed by atoms with Crippen LogP contribution in [0.4, 0.5) is 10.1 Å². The first-order valence-electron chi connectivity index (χ1n) is 7.27.